The molecule has 0 spiro atoms. The number of pyridine rings is 1. The molecule has 0 radical (unpaired) electrons. The van der Waals surface area contributed by atoms with Gasteiger partial charge in [0.15, 0.2) is 0 Å². The van der Waals surface area contributed by atoms with Crippen LogP contribution in [0.25, 0.3) is 0 Å². The zero-order chi connectivity index (χ0) is 17.8. The van der Waals surface area contributed by atoms with E-state index in [9.17, 15) is 9.90 Å². The Hall–Kier alpha value is -3.06. The van der Waals surface area contributed by atoms with Gasteiger partial charge >= 0.3 is 5.97 Å². The highest BCUT2D eigenvalue weighted by atomic mass is 16.6. The minimum Gasteiger partial charge on any atom is -0.508 e. The Morgan fingerprint density at radius 3 is 2.92 bits per heavy atom. The highest BCUT2D eigenvalue weighted by Crippen LogP contribution is 2.43. The number of nitrogens with two attached hydrogens (primary N) is 1. The quantitative estimate of drug-likeness (QED) is 0.629. The van der Waals surface area contributed by atoms with Gasteiger partial charge in [-0.05, 0) is 17.7 Å². The van der Waals surface area contributed by atoms with E-state index in [1.807, 2.05) is 6.07 Å². The van der Waals surface area contributed by atoms with Gasteiger partial charge in [-0.25, -0.2) is 4.79 Å². The van der Waals surface area contributed by atoms with Crippen molar-refractivity contribution in [1.29, 1.82) is 0 Å². The zero-order valence-electron chi connectivity index (χ0n) is 13.6. The molecule has 2 heterocycles. The van der Waals surface area contributed by atoms with E-state index in [1.54, 1.807) is 24.5 Å². The van der Waals surface area contributed by atoms with Gasteiger partial charge < -0.3 is 25.1 Å². The summed E-state index contributed by atoms with van der Waals surface area (Å²) in [6, 6.07) is 8.29. The Balaban J connectivity index is 2.05. The van der Waals surface area contributed by atoms with Gasteiger partial charge in [0.05, 0.1) is 12.5 Å². The van der Waals surface area contributed by atoms with Gasteiger partial charge in [0, 0.05) is 31.1 Å². The standard InChI is InChI=1S/C18H18N2O5/c1-23-7-8-24-18(22)16-15(11-3-2-6-20-10-11)13-5-4-12(21)9-14(13)25-17(16)19/h2-6,9-10,15,21H,7-8,19H2,1H3. The lowest BCUT2D eigenvalue weighted by atomic mass is 9.83. The van der Waals surface area contributed by atoms with Gasteiger partial charge in [-0.3, -0.25) is 4.98 Å². The molecule has 7 heteroatoms. The lowest BCUT2D eigenvalue weighted by Gasteiger charge is -2.28. The van der Waals surface area contributed by atoms with Crippen LogP contribution in [0.15, 0.2) is 54.2 Å². The molecule has 2 aromatic rings. The zero-order valence-corrected chi connectivity index (χ0v) is 13.6. The Labute approximate surface area is 144 Å². The lowest BCUT2D eigenvalue weighted by molar-refractivity contribution is -0.140. The first-order valence-electron chi connectivity index (χ1n) is 7.68. The normalized spacial score (nSPS) is 16.1. The number of methoxy groups -OCH3 is 1. The minimum absolute atomic E-state index is 0.0441. The lowest BCUT2D eigenvalue weighted by Crippen LogP contribution is -2.28. The number of rotatable bonds is 5. The Kier molecular flexibility index (Phi) is 4.85. The highest BCUT2D eigenvalue weighted by Gasteiger charge is 2.35. The molecule has 0 fully saturated rings. The van der Waals surface area contributed by atoms with Gasteiger partial charge in [-0.15, -0.1) is 0 Å². The van der Waals surface area contributed by atoms with Gasteiger partial charge in [0.1, 0.15) is 23.7 Å². The SMILES string of the molecule is COCCOC(=O)C1=C(N)Oc2cc(O)ccc2C1c1cccnc1. The second-order valence-electron chi connectivity index (χ2n) is 5.45. The number of carbonyl (C=O) groups excluding carboxylic acids is 1. The van der Waals surface area contributed by atoms with E-state index in [4.69, 9.17) is 19.9 Å². The Bertz CT molecular complexity index is 804. The predicted octanol–water partition coefficient (Wildman–Crippen LogP) is 1.67. The van der Waals surface area contributed by atoms with E-state index >= 15 is 0 Å². The first-order valence-corrected chi connectivity index (χ1v) is 7.68. The second kappa shape index (κ2) is 7.23. The van der Waals surface area contributed by atoms with Crippen molar-refractivity contribution in [2.24, 2.45) is 5.73 Å². The molecule has 1 unspecified atom stereocenters. The van der Waals surface area contributed by atoms with Crippen molar-refractivity contribution >= 4 is 5.97 Å². The summed E-state index contributed by atoms with van der Waals surface area (Å²) >= 11 is 0. The summed E-state index contributed by atoms with van der Waals surface area (Å²) in [7, 11) is 1.52. The summed E-state index contributed by atoms with van der Waals surface area (Å²) in [5.41, 5.74) is 7.65. The monoisotopic (exact) mass is 342 g/mol. The number of hydrogen-bond donors (Lipinski definition) is 2. The summed E-state index contributed by atoms with van der Waals surface area (Å²) in [5, 5.41) is 9.69. The number of aromatic hydroxyl groups is 1. The van der Waals surface area contributed by atoms with Crippen LogP contribution in [0.1, 0.15) is 17.0 Å². The van der Waals surface area contributed by atoms with Crippen molar-refractivity contribution in [3.63, 3.8) is 0 Å². The molecule has 0 amide bonds. The maximum atomic E-state index is 12.6. The number of benzene rings is 1. The fourth-order valence-corrected chi connectivity index (χ4v) is 2.73. The van der Waals surface area contributed by atoms with Crippen LogP contribution in [0.4, 0.5) is 0 Å². The summed E-state index contributed by atoms with van der Waals surface area (Å²) in [4.78, 5) is 16.7. The molecule has 25 heavy (non-hydrogen) atoms. The van der Waals surface area contributed by atoms with E-state index < -0.39 is 11.9 Å². The van der Waals surface area contributed by atoms with E-state index in [0.29, 0.717) is 11.3 Å². The maximum Gasteiger partial charge on any atom is 0.340 e. The third-order valence-corrected chi connectivity index (χ3v) is 3.84. The molecule has 0 bridgehead atoms. The summed E-state index contributed by atoms with van der Waals surface area (Å²) in [5.74, 6) is -0.716. The molecule has 0 saturated heterocycles. The van der Waals surface area contributed by atoms with Crippen LogP contribution >= 0.6 is 0 Å². The van der Waals surface area contributed by atoms with Crippen LogP contribution in [0.5, 0.6) is 11.5 Å². The van der Waals surface area contributed by atoms with Gasteiger partial charge in [-0.2, -0.15) is 0 Å². The fourth-order valence-electron chi connectivity index (χ4n) is 2.73. The topological polar surface area (TPSA) is 104 Å². The highest BCUT2D eigenvalue weighted by molar-refractivity contribution is 5.92. The largest absolute Gasteiger partial charge is 0.508 e. The number of phenols is 1. The molecule has 1 aliphatic heterocycles. The van der Waals surface area contributed by atoms with Gasteiger partial charge in [0.25, 0.3) is 0 Å². The fraction of sp³-hybridized carbons (Fsp3) is 0.222. The van der Waals surface area contributed by atoms with Crippen LogP contribution in [0.2, 0.25) is 0 Å². The first kappa shape index (κ1) is 16.8. The average Bonchev–Trinajstić information content (AvgIpc) is 2.61. The molecule has 0 aliphatic carbocycles. The van der Waals surface area contributed by atoms with E-state index in [-0.39, 0.29) is 30.4 Å². The van der Waals surface area contributed by atoms with Crippen molar-refractivity contribution in [2.45, 2.75) is 5.92 Å². The Morgan fingerprint density at radius 1 is 1.36 bits per heavy atom. The van der Waals surface area contributed by atoms with Crippen molar-refractivity contribution in [3.05, 3.63) is 65.3 Å². The maximum absolute atomic E-state index is 12.6. The number of carbonyl (C=O) groups is 1. The third kappa shape index (κ3) is 3.41. The molecule has 0 saturated carbocycles. The number of ether oxygens (including phenoxy) is 3. The molecule has 1 aromatic heterocycles. The van der Waals surface area contributed by atoms with E-state index in [2.05, 4.69) is 4.98 Å². The van der Waals surface area contributed by atoms with Crippen molar-refractivity contribution < 1.29 is 24.1 Å². The van der Waals surface area contributed by atoms with Gasteiger partial charge in [-0.1, -0.05) is 12.1 Å². The molecule has 3 rings (SSSR count). The second-order valence-corrected chi connectivity index (χ2v) is 5.45. The minimum atomic E-state index is -0.581. The molecule has 1 aromatic carbocycles. The average molecular weight is 342 g/mol. The molecule has 130 valence electrons. The number of phenolic OH excluding ortho intramolecular Hbond substituents is 1. The van der Waals surface area contributed by atoms with Crippen molar-refractivity contribution in [3.8, 4) is 11.5 Å². The smallest absolute Gasteiger partial charge is 0.340 e. The van der Waals surface area contributed by atoms with Crippen molar-refractivity contribution in [1.82, 2.24) is 4.98 Å². The Morgan fingerprint density at radius 2 is 2.20 bits per heavy atom. The van der Waals surface area contributed by atoms with Crippen LogP contribution in [-0.4, -0.2) is 36.4 Å². The number of esters is 1. The summed E-state index contributed by atoms with van der Waals surface area (Å²) in [6.07, 6.45) is 3.30. The number of fused-ring (bicyclic) bond motifs is 1. The molecular weight excluding hydrogens is 324 g/mol. The number of hydrogen-bond acceptors (Lipinski definition) is 7. The van der Waals surface area contributed by atoms with Crippen molar-refractivity contribution in [2.75, 3.05) is 20.3 Å². The summed E-state index contributed by atoms with van der Waals surface area (Å²) < 4.78 is 15.7. The number of nitrogens with zero attached hydrogens (tertiary/aromatic N) is 1. The van der Waals surface area contributed by atoms with Gasteiger partial charge in [0.2, 0.25) is 5.88 Å². The van der Waals surface area contributed by atoms with Crippen LogP contribution in [-0.2, 0) is 14.3 Å². The third-order valence-electron chi connectivity index (χ3n) is 3.84. The van der Waals surface area contributed by atoms with E-state index in [1.165, 1.54) is 19.2 Å². The predicted molar refractivity (Wildman–Crippen MR) is 88.9 cm³/mol. The molecule has 1 aliphatic rings. The number of aromatic nitrogens is 1. The molecule has 1 atom stereocenters. The molecular formula is C18H18N2O5. The molecule has 7 nitrogen and oxygen atoms in total. The summed E-state index contributed by atoms with van der Waals surface area (Å²) in [6.45, 7) is 0.385. The van der Waals surface area contributed by atoms with E-state index in [0.717, 1.165) is 5.56 Å². The van der Waals surface area contributed by atoms with Crippen LogP contribution in [0, 0.1) is 0 Å². The van der Waals surface area contributed by atoms with Crippen LogP contribution < -0.4 is 10.5 Å². The molecule has 3 N–H and O–H groups in total. The van der Waals surface area contributed by atoms with Crippen LogP contribution in [0.3, 0.4) is 0 Å². The first-order chi connectivity index (χ1) is 12.1.